The quantitative estimate of drug-likeness (QED) is 0.833. The molecule has 1 fully saturated rings. The number of nitrogens with zero attached hydrogens (tertiary/aromatic N) is 2. The second-order valence-corrected chi connectivity index (χ2v) is 7.55. The van der Waals surface area contributed by atoms with Crippen LogP contribution >= 0.6 is 11.3 Å². The molecule has 1 aromatic heterocycles. The zero-order valence-electron chi connectivity index (χ0n) is 13.3. The minimum absolute atomic E-state index is 0.289. The summed E-state index contributed by atoms with van der Waals surface area (Å²) in [5, 5.41) is 2.17. The number of hydrogen-bond acceptors (Lipinski definition) is 3. The Hall–Kier alpha value is -0.870. The summed E-state index contributed by atoms with van der Waals surface area (Å²) in [5.41, 5.74) is 1.39. The van der Waals surface area contributed by atoms with Crippen LogP contribution in [0, 0.1) is 5.92 Å². The maximum absolute atomic E-state index is 12.7. The second kappa shape index (κ2) is 6.09. The summed E-state index contributed by atoms with van der Waals surface area (Å²) in [7, 11) is 2.10. The van der Waals surface area contributed by atoms with Crippen LogP contribution in [0.5, 0.6) is 0 Å². The Morgan fingerprint density at radius 2 is 2.29 bits per heavy atom. The highest BCUT2D eigenvalue weighted by Gasteiger charge is 2.34. The van der Waals surface area contributed by atoms with E-state index in [9.17, 15) is 4.79 Å². The van der Waals surface area contributed by atoms with E-state index in [0.717, 1.165) is 25.3 Å². The zero-order chi connectivity index (χ0) is 15.0. The van der Waals surface area contributed by atoms with Crippen LogP contribution in [0.25, 0.3) is 0 Å². The molecule has 3 rings (SSSR count). The molecule has 3 nitrogen and oxygen atoms in total. The van der Waals surface area contributed by atoms with E-state index < -0.39 is 0 Å². The molecule has 2 aliphatic rings. The Morgan fingerprint density at radius 3 is 2.95 bits per heavy atom. The third-order valence-electron chi connectivity index (χ3n) is 5.19. The SMILES string of the molecule is CCC1c2ccsc2CCN1C(=O)CN(C)C(C)C1CC1. The van der Waals surface area contributed by atoms with Gasteiger partial charge in [-0.1, -0.05) is 6.92 Å². The Morgan fingerprint density at radius 1 is 1.52 bits per heavy atom. The summed E-state index contributed by atoms with van der Waals surface area (Å²) >= 11 is 1.84. The summed E-state index contributed by atoms with van der Waals surface area (Å²) < 4.78 is 0. The third-order valence-corrected chi connectivity index (χ3v) is 6.18. The number of thiophene rings is 1. The summed E-state index contributed by atoms with van der Waals surface area (Å²) in [6.07, 6.45) is 4.70. The van der Waals surface area contributed by atoms with E-state index in [0.29, 0.717) is 18.5 Å². The molecule has 1 aliphatic carbocycles. The summed E-state index contributed by atoms with van der Waals surface area (Å²) in [6, 6.07) is 3.04. The van der Waals surface area contributed by atoms with Crippen LogP contribution in [0.2, 0.25) is 0 Å². The molecule has 0 radical (unpaired) electrons. The first-order valence-corrected chi connectivity index (χ1v) is 9.05. The molecule has 0 aromatic carbocycles. The smallest absolute Gasteiger partial charge is 0.237 e. The van der Waals surface area contributed by atoms with Crippen LogP contribution in [0.3, 0.4) is 0 Å². The normalized spacial score (nSPS) is 23.2. The van der Waals surface area contributed by atoms with Crippen molar-refractivity contribution in [3.8, 4) is 0 Å². The second-order valence-electron chi connectivity index (χ2n) is 6.55. The highest BCUT2D eigenvalue weighted by Crippen LogP contribution is 2.36. The van der Waals surface area contributed by atoms with Gasteiger partial charge in [-0.05, 0) is 62.6 Å². The number of likely N-dealkylation sites (N-methyl/N-ethyl adjacent to an activating group) is 1. The Balaban J connectivity index is 1.66. The van der Waals surface area contributed by atoms with Gasteiger partial charge >= 0.3 is 0 Å². The van der Waals surface area contributed by atoms with Crippen LogP contribution in [-0.2, 0) is 11.2 Å². The summed E-state index contributed by atoms with van der Waals surface area (Å²) in [6.45, 7) is 5.90. The van der Waals surface area contributed by atoms with Gasteiger partial charge in [0, 0.05) is 17.5 Å². The van der Waals surface area contributed by atoms with E-state index in [1.807, 2.05) is 11.3 Å². The molecule has 2 unspecified atom stereocenters. The Kier molecular flexibility index (Phi) is 4.36. The van der Waals surface area contributed by atoms with Crippen molar-refractivity contribution in [2.45, 2.75) is 51.6 Å². The van der Waals surface area contributed by atoms with Crippen LogP contribution in [0.4, 0.5) is 0 Å². The van der Waals surface area contributed by atoms with Crippen LogP contribution in [0.15, 0.2) is 11.4 Å². The molecule has 4 heteroatoms. The van der Waals surface area contributed by atoms with Crippen LogP contribution in [0.1, 0.15) is 49.6 Å². The molecule has 1 aliphatic heterocycles. The molecular formula is C17H26N2OS. The fraction of sp³-hybridized carbons (Fsp3) is 0.706. The predicted octanol–water partition coefficient (Wildman–Crippen LogP) is 3.31. The highest BCUT2D eigenvalue weighted by atomic mass is 32.1. The van der Waals surface area contributed by atoms with Crippen molar-refractivity contribution in [2.24, 2.45) is 5.92 Å². The Labute approximate surface area is 131 Å². The number of carbonyl (C=O) groups excluding carboxylic acids is 1. The van der Waals surface area contributed by atoms with Gasteiger partial charge in [0.15, 0.2) is 0 Å². The van der Waals surface area contributed by atoms with Crippen LogP contribution in [-0.4, -0.2) is 41.9 Å². The van der Waals surface area contributed by atoms with Gasteiger partial charge in [-0.3, -0.25) is 9.69 Å². The molecule has 1 saturated carbocycles. The fourth-order valence-electron chi connectivity index (χ4n) is 3.52. The maximum Gasteiger partial charge on any atom is 0.237 e. The molecule has 2 heterocycles. The van der Waals surface area contributed by atoms with Crippen molar-refractivity contribution in [2.75, 3.05) is 20.1 Å². The van der Waals surface area contributed by atoms with Gasteiger partial charge in [0.05, 0.1) is 12.6 Å². The minimum Gasteiger partial charge on any atom is -0.334 e. The summed E-state index contributed by atoms with van der Waals surface area (Å²) in [5.74, 6) is 1.11. The molecule has 0 spiro atoms. The Bertz CT molecular complexity index is 509. The number of hydrogen-bond donors (Lipinski definition) is 0. The van der Waals surface area contributed by atoms with Gasteiger partial charge in [0.25, 0.3) is 0 Å². The van der Waals surface area contributed by atoms with E-state index >= 15 is 0 Å². The lowest BCUT2D eigenvalue weighted by atomic mass is 9.97. The number of fused-ring (bicyclic) bond motifs is 1. The average Bonchev–Trinajstić information content (AvgIpc) is 3.22. The van der Waals surface area contributed by atoms with E-state index in [2.05, 4.69) is 42.1 Å². The van der Waals surface area contributed by atoms with Crippen molar-refractivity contribution in [1.29, 1.82) is 0 Å². The number of carbonyl (C=O) groups is 1. The van der Waals surface area contributed by atoms with Crippen molar-refractivity contribution in [3.05, 3.63) is 21.9 Å². The standard InChI is InChI=1S/C17H26N2OS/c1-4-15-14-8-10-21-16(14)7-9-19(15)17(20)11-18(3)12(2)13-5-6-13/h8,10,12-13,15H,4-7,9,11H2,1-3H3. The predicted molar refractivity (Wildman–Crippen MR) is 87.6 cm³/mol. The molecule has 2 atom stereocenters. The molecule has 1 amide bonds. The van der Waals surface area contributed by atoms with Gasteiger partial charge in [-0.15, -0.1) is 11.3 Å². The van der Waals surface area contributed by atoms with Crippen molar-refractivity contribution < 1.29 is 4.79 Å². The van der Waals surface area contributed by atoms with Crippen molar-refractivity contribution in [1.82, 2.24) is 9.80 Å². The molecule has 0 bridgehead atoms. The zero-order valence-corrected chi connectivity index (χ0v) is 14.2. The highest BCUT2D eigenvalue weighted by molar-refractivity contribution is 7.10. The summed E-state index contributed by atoms with van der Waals surface area (Å²) in [4.78, 5) is 18.6. The third kappa shape index (κ3) is 3.02. The van der Waals surface area contributed by atoms with Crippen molar-refractivity contribution in [3.63, 3.8) is 0 Å². The van der Waals surface area contributed by atoms with E-state index in [4.69, 9.17) is 0 Å². The van der Waals surface area contributed by atoms with Gasteiger partial charge in [-0.2, -0.15) is 0 Å². The number of amides is 1. The molecular weight excluding hydrogens is 280 g/mol. The van der Waals surface area contributed by atoms with E-state index in [-0.39, 0.29) is 6.04 Å². The van der Waals surface area contributed by atoms with E-state index in [1.165, 1.54) is 23.3 Å². The first-order valence-electron chi connectivity index (χ1n) is 8.17. The molecule has 21 heavy (non-hydrogen) atoms. The van der Waals surface area contributed by atoms with Gasteiger partial charge < -0.3 is 4.90 Å². The fourth-order valence-corrected chi connectivity index (χ4v) is 4.45. The lowest BCUT2D eigenvalue weighted by Gasteiger charge is -2.37. The molecule has 0 N–H and O–H groups in total. The van der Waals surface area contributed by atoms with Gasteiger partial charge in [0.2, 0.25) is 5.91 Å². The maximum atomic E-state index is 12.7. The molecule has 0 saturated heterocycles. The first kappa shape index (κ1) is 15.0. The monoisotopic (exact) mass is 306 g/mol. The lowest BCUT2D eigenvalue weighted by molar-refractivity contribution is -0.135. The van der Waals surface area contributed by atoms with Gasteiger partial charge in [0.1, 0.15) is 0 Å². The molecule has 1 aromatic rings. The number of rotatable bonds is 5. The van der Waals surface area contributed by atoms with Gasteiger partial charge in [-0.25, -0.2) is 0 Å². The lowest BCUT2D eigenvalue weighted by Crippen LogP contribution is -2.46. The van der Waals surface area contributed by atoms with Crippen molar-refractivity contribution >= 4 is 17.2 Å². The average molecular weight is 306 g/mol. The minimum atomic E-state index is 0.289. The largest absolute Gasteiger partial charge is 0.334 e. The first-order chi connectivity index (χ1) is 10.1. The topological polar surface area (TPSA) is 23.6 Å². The molecule has 116 valence electrons. The van der Waals surface area contributed by atoms with E-state index in [1.54, 1.807) is 0 Å². The van der Waals surface area contributed by atoms with Crippen LogP contribution < -0.4 is 0 Å².